The van der Waals surface area contributed by atoms with Gasteiger partial charge in [-0.1, -0.05) is 59.3 Å². The van der Waals surface area contributed by atoms with E-state index in [0.29, 0.717) is 21.3 Å². The van der Waals surface area contributed by atoms with Crippen molar-refractivity contribution in [3.05, 3.63) is 74.1 Å². The van der Waals surface area contributed by atoms with Gasteiger partial charge < -0.3 is 4.74 Å². The van der Waals surface area contributed by atoms with Crippen LogP contribution in [0.3, 0.4) is 0 Å². The minimum absolute atomic E-state index is 0.0465. The van der Waals surface area contributed by atoms with Gasteiger partial charge in [0.05, 0.1) is 23.9 Å². The van der Waals surface area contributed by atoms with Gasteiger partial charge in [-0.25, -0.2) is 9.78 Å². The molecule has 0 aliphatic heterocycles. The topological polar surface area (TPSA) is 107 Å². The van der Waals surface area contributed by atoms with Crippen LogP contribution in [0.5, 0.6) is 0 Å². The van der Waals surface area contributed by atoms with Gasteiger partial charge in [0.25, 0.3) is 5.69 Å². The standard InChI is InChI=1S/C18H13ClN4O4S/c1-27-17(24)16-15(12-5-3-2-4-6-12)21-18(28-16)22-20-10-11-7-8-13(19)14(9-11)23(25)26/h2-10H,1H3,(H,21,22)/b20-10-. The highest BCUT2D eigenvalue weighted by molar-refractivity contribution is 7.17. The number of carbonyl (C=O) groups excluding carboxylic acids is 1. The molecule has 142 valence electrons. The first kappa shape index (κ1) is 19.5. The molecule has 0 amide bonds. The first-order chi connectivity index (χ1) is 13.5. The smallest absolute Gasteiger partial charge is 0.350 e. The lowest BCUT2D eigenvalue weighted by Gasteiger charge is -1.99. The highest BCUT2D eigenvalue weighted by Crippen LogP contribution is 2.31. The zero-order valence-corrected chi connectivity index (χ0v) is 16.0. The average Bonchev–Trinajstić information content (AvgIpc) is 3.13. The second-order valence-corrected chi connectivity index (χ2v) is 6.80. The lowest BCUT2D eigenvalue weighted by Crippen LogP contribution is -2.00. The fourth-order valence-electron chi connectivity index (χ4n) is 2.30. The number of hydrogen-bond donors (Lipinski definition) is 1. The number of hydrogen-bond acceptors (Lipinski definition) is 8. The van der Waals surface area contributed by atoms with Crippen LogP contribution < -0.4 is 5.43 Å². The summed E-state index contributed by atoms with van der Waals surface area (Å²) in [5.41, 5.74) is 4.26. The molecule has 0 atom stereocenters. The van der Waals surface area contributed by atoms with Crippen LogP contribution in [0.15, 0.2) is 53.6 Å². The molecule has 10 heteroatoms. The molecule has 0 spiro atoms. The van der Waals surface area contributed by atoms with Crippen LogP contribution in [0.4, 0.5) is 10.8 Å². The van der Waals surface area contributed by atoms with E-state index < -0.39 is 10.9 Å². The quantitative estimate of drug-likeness (QED) is 0.272. The molecule has 1 aromatic heterocycles. The SMILES string of the molecule is COC(=O)c1sc(N/N=C\c2ccc(Cl)c([N+](=O)[O-])c2)nc1-c1ccccc1. The molecule has 0 fully saturated rings. The van der Waals surface area contributed by atoms with E-state index in [0.717, 1.165) is 16.9 Å². The summed E-state index contributed by atoms with van der Waals surface area (Å²) in [4.78, 5) is 27.2. The van der Waals surface area contributed by atoms with Crippen molar-refractivity contribution in [2.75, 3.05) is 12.5 Å². The number of thiazole rings is 1. The Morgan fingerprint density at radius 3 is 2.75 bits per heavy atom. The van der Waals surface area contributed by atoms with Gasteiger partial charge in [-0.3, -0.25) is 15.5 Å². The largest absolute Gasteiger partial charge is 0.465 e. The highest BCUT2D eigenvalue weighted by Gasteiger charge is 2.20. The Morgan fingerprint density at radius 1 is 1.32 bits per heavy atom. The first-order valence-electron chi connectivity index (χ1n) is 7.87. The molecular weight excluding hydrogens is 404 g/mol. The molecule has 28 heavy (non-hydrogen) atoms. The Labute approximate surface area is 168 Å². The number of nitro groups is 1. The molecule has 1 N–H and O–H groups in total. The van der Waals surface area contributed by atoms with Crippen molar-refractivity contribution >= 4 is 45.9 Å². The summed E-state index contributed by atoms with van der Waals surface area (Å²) in [6, 6.07) is 13.5. The molecule has 0 saturated heterocycles. The second-order valence-electron chi connectivity index (χ2n) is 5.39. The van der Waals surface area contributed by atoms with E-state index in [1.807, 2.05) is 30.3 Å². The molecule has 1 heterocycles. The number of nitro benzene ring substituents is 1. The Morgan fingerprint density at radius 2 is 2.07 bits per heavy atom. The Hall–Kier alpha value is -3.30. The third-order valence-corrected chi connectivity index (χ3v) is 4.85. The minimum Gasteiger partial charge on any atom is -0.465 e. The number of esters is 1. The summed E-state index contributed by atoms with van der Waals surface area (Å²) in [5.74, 6) is -0.498. The van der Waals surface area contributed by atoms with Crippen LogP contribution >= 0.6 is 22.9 Å². The molecular formula is C18H13ClN4O4S. The first-order valence-corrected chi connectivity index (χ1v) is 9.06. The number of benzene rings is 2. The van der Waals surface area contributed by atoms with Crippen molar-refractivity contribution in [3.63, 3.8) is 0 Å². The molecule has 0 aliphatic carbocycles. The summed E-state index contributed by atoms with van der Waals surface area (Å²) >= 11 is 6.88. The van der Waals surface area contributed by atoms with E-state index in [4.69, 9.17) is 16.3 Å². The number of halogens is 1. The number of nitrogens with zero attached hydrogens (tertiary/aromatic N) is 3. The lowest BCUT2D eigenvalue weighted by molar-refractivity contribution is -0.384. The maximum Gasteiger partial charge on any atom is 0.350 e. The third-order valence-electron chi connectivity index (χ3n) is 3.59. The number of aromatic nitrogens is 1. The van der Waals surface area contributed by atoms with Crippen LogP contribution in [-0.2, 0) is 4.74 Å². The fraction of sp³-hybridized carbons (Fsp3) is 0.0556. The van der Waals surface area contributed by atoms with E-state index in [2.05, 4.69) is 15.5 Å². The normalized spacial score (nSPS) is 10.8. The molecule has 3 rings (SSSR count). The predicted octanol–water partition coefficient (Wildman–Crippen LogP) is 4.60. The van der Waals surface area contributed by atoms with E-state index in [1.54, 1.807) is 6.07 Å². The molecule has 3 aromatic rings. The average molecular weight is 417 g/mol. The summed E-state index contributed by atoms with van der Waals surface area (Å²) < 4.78 is 4.82. The van der Waals surface area contributed by atoms with E-state index in [9.17, 15) is 14.9 Å². The maximum absolute atomic E-state index is 12.1. The van der Waals surface area contributed by atoms with Gasteiger partial charge in [0, 0.05) is 17.2 Å². The zero-order valence-electron chi connectivity index (χ0n) is 14.5. The number of anilines is 1. The maximum atomic E-state index is 12.1. The van der Waals surface area contributed by atoms with E-state index in [-0.39, 0.29) is 10.7 Å². The van der Waals surface area contributed by atoms with E-state index >= 15 is 0 Å². The molecule has 0 radical (unpaired) electrons. The van der Waals surface area contributed by atoms with Crippen LogP contribution in [0.2, 0.25) is 5.02 Å². The number of carbonyl (C=O) groups is 1. The van der Waals surface area contributed by atoms with E-state index in [1.165, 1.54) is 25.5 Å². The van der Waals surface area contributed by atoms with Gasteiger partial charge in [-0.15, -0.1) is 0 Å². The highest BCUT2D eigenvalue weighted by atomic mass is 35.5. The number of ether oxygens (including phenoxy) is 1. The Kier molecular flexibility index (Phi) is 5.97. The number of rotatable bonds is 6. The fourth-order valence-corrected chi connectivity index (χ4v) is 3.34. The number of hydrazone groups is 1. The van der Waals surface area contributed by atoms with Crippen molar-refractivity contribution in [3.8, 4) is 11.3 Å². The van der Waals surface area contributed by atoms with Crippen molar-refractivity contribution < 1.29 is 14.5 Å². The predicted molar refractivity (Wildman–Crippen MR) is 108 cm³/mol. The molecule has 8 nitrogen and oxygen atoms in total. The number of nitrogens with one attached hydrogen (secondary N) is 1. The van der Waals surface area contributed by atoms with Gasteiger partial charge in [0.1, 0.15) is 9.90 Å². The van der Waals surface area contributed by atoms with Gasteiger partial charge in [0.15, 0.2) is 0 Å². The van der Waals surface area contributed by atoms with Crippen molar-refractivity contribution in [2.24, 2.45) is 5.10 Å². The Balaban J connectivity index is 1.84. The van der Waals surface area contributed by atoms with Gasteiger partial charge >= 0.3 is 5.97 Å². The zero-order chi connectivity index (χ0) is 20.1. The van der Waals surface area contributed by atoms with Crippen LogP contribution in [0.25, 0.3) is 11.3 Å². The Bertz CT molecular complexity index is 1050. The summed E-state index contributed by atoms with van der Waals surface area (Å²) in [6.07, 6.45) is 1.39. The van der Waals surface area contributed by atoms with Crippen molar-refractivity contribution in [2.45, 2.75) is 0 Å². The molecule has 0 unspecified atom stereocenters. The second kappa shape index (κ2) is 8.59. The van der Waals surface area contributed by atoms with Crippen molar-refractivity contribution in [1.29, 1.82) is 0 Å². The number of methoxy groups -OCH3 is 1. The van der Waals surface area contributed by atoms with Crippen molar-refractivity contribution in [1.82, 2.24) is 4.98 Å². The lowest BCUT2D eigenvalue weighted by atomic mass is 10.1. The van der Waals surface area contributed by atoms with Gasteiger partial charge in [-0.05, 0) is 6.07 Å². The summed E-state index contributed by atoms with van der Waals surface area (Å²) in [5, 5.41) is 15.4. The molecule has 0 aliphatic rings. The van der Waals surface area contributed by atoms with Gasteiger partial charge in [-0.2, -0.15) is 5.10 Å². The molecule has 2 aromatic carbocycles. The van der Waals surface area contributed by atoms with Crippen LogP contribution in [0.1, 0.15) is 15.2 Å². The van der Waals surface area contributed by atoms with Gasteiger partial charge in [0.2, 0.25) is 5.13 Å². The summed E-state index contributed by atoms with van der Waals surface area (Å²) in [6.45, 7) is 0. The molecule has 0 bridgehead atoms. The third kappa shape index (κ3) is 4.33. The van der Waals surface area contributed by atoms with Crippen LogP contribution in [0, 0.1) is 10.1 Å². The minimum atomic E-state index is -0.567. The van der Waals surface area contributed by atoms with Crippen LogP contribution in [-0.4, -0.2) is 29.2 Å². The summed E-state index contributed by atoms with van der Waals surface area (Å²) in [7, 11) is 1.30. The monoisotopic (exact) mass is 416 g/mol. The molecule has 0 saturated carbocycles.